The van der Waals surface area contributed by atoms with E-state index >= 15 is 0 Å². The van der Waals surface area contributed by atoms with Crippen LogP contribution < -0.4 is 10.1 Å². The van der Waals surface area contributed by atoms with Crippen LogP contribution in [0.5, 0.6) is 5.75 Å². The number of H-pyrrole nitrogens is 1. The number of methoxy groups -OCH3 is 2. The van der Waals surface area contributed by atoms with E-state index in [1.54, 1.807) is 13.2 Å². The molecule has 1 aliphatic rings. The van der Waals surface area contributed by atoms with Gasteiger partial charge in [0, 0.05) is 6.04 Å². The molecule has 0 saturated carbocycles. The van der Waals surface area contributed by atoms with E-state index in [0.29, 0.717) is 34.9 Å². The Balaban J connectivity index is 1.90. The number of fused-ring (bicyclic) bond motifs is 1. The normalized spacial score (nSPS) is 17.7. The Hall–Kier alpha value is -2.54. The van der Waals surface area contributed by atoms with E-state index in [4.69, 9.17) is 9.47 Å². The third-order valence-corrected chi connectivity index (χ3v) is 5.23. The average Bonchev–Trinajstić information content (AvgIpc) is 3.06. The van der Waals surface area contributed by atoms with E-state index in [9.17, 15) is 9.59 Å². The number of carbonyl (C=O) groups is 2. The fraction of sp³-hybridized carbons (Fsp3) is 0.500. The van der Waals surface area contributed by atoms with Gasteiger partial charge in [-0.05, 0) is 37.9 Å². The van der Waals surface area contributed by atoms with Gasteiger partial charge in [0.1, 0.15) is 11.4 Å². The van der Waals surface area contributed by atoms with Crippen molar-refractivity contribution in [1.82, 2.24) is 9.88 Å². The number of rotatable bonds is 6. The number of anilines is 1. The van der Waals surface area contributed by atoms with Crippen molar-refractivity contribution in [2.45, 2.75) is 38.6 Å². The smallest absolute Gasteiger partial charge is 0.356 e. The minimum Gasteiger partial charge on any atom is -0.496 e. The Morgan fingerprint density at radius 2 is 2.11 bits per heavy atom. The summed E-state index contributed by atoms with van der Waals surface area (Å²) < 4.78 is 10.3. The lowest BCUT2D eigenvalue weighted by atomic mass is 10.00. The number of esters is 1. The highest BCUT2D eigenvalue weighted by Crippen LogP contribution is 2.35. The summed E-state index contributed by atoms with van der Waals surface area (Å²) in [5, 5.41) is 3.59. The maximum Gasteiger partial charge on any atom is 0.356 e. The number of carbonyl (C=O) groups excluding carboxylic acids is 2. The second kappa shape index (κ2) is 8.43. The molecule has 27 heavy (non-hydrogen) atoms. The van der Waals surface area contributed by atoms with Crippen LogP contribution in [0, 0.1) is 0 Å². The number of piperidine rings is 1. The minimum absolute atomic E-state index is 0.146. The quantitative estimate of drug-likeness (QED) is 0.760. The number of aromatic nitrogens is 1. The van der Waals surface area contributed by atoms with Crippen molar-refractivity contribution in [3.8, 4) is 5.75 Å². The predicted molar refractivity (Wildman–Crippen MR) is 104 cm³/mol. The maximum atomic E-state index is 12.8. The number of ether oxygens (including phenoxy) is 2. The fourth-order valence-corrected chi connectivity index (χ4v) is 3.86. The first-order valence-electron chi connectivity index (χ1n) is 9.39. The van der Waals surface area contributed by atoms with Gasteiger partial charge in [-0.15, -0.1) is 0 Å². The zero-order chi connectivity index (χ0) is 19.4. The summed E-state index contributed by atoms with van der Waals surface area (Å²) in [7, 11) is 2.88. The molecule has 3 rings (SSSR count). The largest absolute Gasteiger partial charge is 0.496 e. The lowest BCUT2D eigenvalue weighted by molar-refractivity contribution is -0.118. The van der Waals surface area contributed by atoms with Crippen LogP contribution in [0.3, 0.4) is 0 Å². The Kier molecular flexibility index (Phi) is 6.01. The van der Waals surface area contributed by atoms with Crippen molar-refractivity contribution in [3.05, 3.63) is 23.9 Å². The third-order valence-electron chi connectivity index (χ3n) is 5.23. The fourth-order valence-electron chi connectivity index (χ4n) is 3.86. The first kappa shape index (κ1) is 19.2. The molecule has 1 atom stereocenters. The van der Waals surface area contributed by atoms with Crippen molar-refractivity contribution in [2.24, 2.45) is 0 Å². The molecule has 1 unspecified atom stereocenters. The monoisotopic (exact) mass is 373 g/mol. The summed E-state index contributed by atoms with van der Waals surface area (Å²) in [5.74, 6) is -0.0983. The number of likely N-dealkylation sites (tertiary alicyclic amines) is 1. The molecule has 0 spiro atoms. The molecular formula is C20H27N3O4. The highest BCUT2D eigenvalue weighted by atomic mass is 16.5. The van der Waals surface area contributed by atoms with Gasteiger partial charge in [0.15, 0.2) is 0 Å². The molecule has 7 heteroatoms. The lowest BCUT2D eigenvalue weighted by Crippen LogP contribution is -2.43. The minimum atomic E-state index is -0.534. The van der Waals surface area contributed by atoms with Crippen molar-refractivity contribution >= 4 is 28.5 Å². The molecule has 1 aliphatic heterocycles. The Morgan fingerprint density at radius 1 is 1.30 bits per heavy atom. The molecule has 0 radical (unpaired) electrons. The topological polar surface area (TPSA) is 83.7 Å². The van der Waals surface area contributed by atoms with Gasteiger partial charge in [0.05, 0.1) is 37.4 Å². The highest BCUT2D eigenvalue weighted by molar-refractivity contribution is 6.13. The summed E-state index contributed by atoms with van der Waals surface area (Å²) in [6, 6.07) is 5.88. The van der Waals surface area contributed by atoms with E-state index in [1.165, 1.54) is 13.5 Å². The molecule has 0 bridgehead atoms. The summed E-state index contributed by atoms with van der Waals surface area (Å²) in [4.78, 5) is 30.3. The molecule has 7 nitrogen and oxygen atoms in total. The molecule has 1 aromatic carbocycles. The molecule has 1 aromatic heterocycles. The van der Waals surface area contributed by atoms with E-state index < -0.39 is 5.97 Å². The SMILES string of the molecule is CCC1CCCCN1CC(=O)Nc1c(C(=O)OC)[nH]c2cccc(OC)c12. The van der Waals surface area contributed by atoms with E-state index in [0.717, 1.165) is 25.8 Å². The number of benzene rings is 1. The van der Waals surface area contributed by atoms with Crippen LogP contribution in [0.4, 0.5) is 5.69 Å². The van der Waals surface area contributed by atoms with Crippen LogP contribution in [0.25, 0.3) is 10.9 Å². The Bertz CT molecular complexity index is 830. The Morgan fingerprint density at radius 3 is 2.81 bits per heavy atom. The lowest BCUT2D eigenvalue weighted by Gasteiger charge is -2.34. The van der Waals surface area contributed by atoms with Crippen LogP contribution in [0.15, 0.2) is 18.2 Å². The van der Waals surface area contributed by atoms with Gasteiger partial charge in [-0.1, -0.05) is 19.4 Å². The van der Waals surface area contributed by atoms with Crippen LogP contribution in [-0.4, -0.2) is 55.1 Å². The van der Waals surface area contributed by atoms with Crippen molar-refractivity contribution in [1.29, 1.82) is 0 Å². The van der Waals surface area contributed by atoms with Gasteiger partial charge in [-0.3, -0.25) is 9.69 Å². The molecule has 2 aromatic rings. The number of aromatic amines is 1. The van der Waals surface area contributed by atoms with Crippen LogP contribution in [0.2, 0.25) is 0 Å². The van der Waals surface area contributed by atoms with E-state index in [1.807, 2.05) is 12.1 Å². The molecular weight excluding hydrogens is 346 g/mol. The average molecular weight is 373 g/mol. The first-order chi connectivity index (χ1) is 13.1. The van der Waals surface area contributed by atoms with Crippen LogP contribution in [0.1, 0.15) is 43.1 Å². The van der Waals surface area contributed by atoms with Crippen LogP contribution >= 0.6 is 0 Å². The van der Waals surface area contributed by atoms with Crippen molar-refractivity contribution < 1.29 is 19.1 Å². The standard InChI is InChI=1S/C20H27N3O4/c1-4-13-8-5-6-11-23(13)12-16(24)22-18-17-14(9-7-10-15(17)26-2)21-19(18)20(25)27-3/h7,9-10,13,21H,4-6,8,11-12H2,1-3H3,(H,22,24). The van der Waals surface area contributed by atoms with Gasteiger partial charge >= 0.3 is 5.97 Å². The summed E-state index contributed by atoms with van der Waals surface area (Å²) in [6.45, 7) is 3.38. The molecule has 146 valence electrons. The second-order valence-electron chi connectivity index (χ2n) is 6.83. The molecule has 1 fully saturated rings. The number of amides is 1. The molecule has 2 N–H and O–H groups in total. The van der Waals surface area contributed by atoms with Crippen molar-refractivity contribution in [2.75, 3.05) is 32.6 Å². The molecule has 1 saturated heterocycles. The highest BCUT2D eigenvalue weighted by Gasteiger charge is 2.26. The van der Waals surface area contributed by atoms with Gasteiger partial charge in [0.25, 0.3) is 0 Å². The van der Waals surface area contributed by atoms with Gasteiger partial charge in [-0.25, -0.2) is 4.79 Å². The van der Waals surface area contributed by atoms with Gasteiger partial charge < -0.3 is 19.8 Å². The van der Waals surface area contributed by atoms with Gasteiger partial charge in [-0.2, -0.15) is 0 Å². The predicted octanol–water partition coefficient (Wildman–Crippen LogP) is 3.17. The third kappa shape index (κ3) is 3.93. The molecule has 2 heterocycles. The van der Waals surface area contributed by atoms with E-state index in [-0.39, 0.29) is 11.6 Å². The number of hydrogen-bond acceptors (Lipinski definition) is 5. The summed E-state index contributed by atoms with van der Waals surface area (Å²) >= 11 is 0. The number of hydrogen-bond donors (Lipinski definition) is 2. The second-order valence-corrected chi connectivity index (χ2v) is 6.83. The molecule has 1 amide bonds. The maximum absolute atomic E-state index is 12.8. The number of nitrogens with one attached hydrogen (secondary N) is 2. The summed E-state index contributed by atoms with van der Waals surface area (Å²) in [5.41, 5.74) is 1.33. The molecule has 0 aliphatic carbocycles. The Labute approximate surface area is 159 Å². The number of nitrogens with zero attached hydrogens (tertiary/aromatic N) is 1. The zero-order valence-corrected chi connectivity index (χ0v) is 16.1. The van der Waals surface area contributed by atoms with Gasteiger partial charge in [0.2, 0.25) is 5.91 Å². The zero-order valence-electron chi connectivity index (χ0n) is 16.1. The van der Waals surface area contributed by atoms with Crippen molar-refractivity contribution in [3.63, 3.8) is 0 Å². The van der Waals surface area contributed by atoms with E-state index in [2.05, 4.69) is 22.1 Å². The summed E-state index contributed by atoms with van der Waals surface area (Å²) in [6.07, 6.45) is 4.47. The van der Waals surface area contributed by atoms with Crippen LogP contribution in [-0.2, 0) is 9.53 Å². The first-order valence-corrected chi connectivity index (χ1v) is 9.39.